The maximum atomic E-state index is 2.64. The maximum absolute atomic E-state index is 2.64. The molecule has 0 aromatic heterocycles. The van der Waals surface area contributed by atoms with Gasteiger partial charge in [-0.05, 0) is 253 Å². The standard InChI is InChI=1S/C98H90N2/c1-8-12-54-96(55-13-9-2)92-58-65(5)32-48-83(92)85-51-45-77(63-94(85)96)100(78-46-52-86-84-49-33-66(6)59-93(84)97(56-14-10-3,57-15-11-4)95(86)64-78)75-44-50-79(67(7)60-75)70-38-42-74(43-39-70)99(73-40-36-69(37-41-73)72-35-34-68-24-16-17-25-71(68)61-72)76-47-53-91-87(62-76)82-28-20-23-31-90(82)98(91)88-29-21-18-26-80(88)81-27-19-22-30-89(81)98/h16-53,58-64H,8-15,54-57H2,1-7H3. The average molecular weight is 1300 g/mol. The average Bonchev–Trinajstić information content (AvgIpc) is 1.52. The zero-order valence-corrected chi connectivity index (χ0v) is 59.4. The Morgan fingerprint density at radius 2 is 0.590 bits per heavy atom. The first-order valence-electron chi connectivity index (χ1n) is 37.5. The molecule has 0 aliphatic heterocycles. The summed E-state index contributed by atoms with van der Waals surface area (Å²) in [5.74, 6) is 0. The lowest BCUT2D eigenvalue weighted by Gasteiger charge is -2.35. The summed E-state index contributed by atoms with van der Waals surface area (Å²) in [4.78, 5) is 5.10. The number of unbranched alkanes of at least 4 members (excludes halogenated alkanes) is 4. The molecule has 4 aliphatic rings. The number of fused-ring (bicyclic) bond motifs is 17. The number of anilines is 6. The minimum atomic E-state index is -0.418. The van der Waals surface area contributed by atoms with Gasteiger partial charge in [0, 0.05) is 45.0 Å². The van der Waals surface area contributed by atoms with E-state index in [4.69, 9.17) is 0 Å². The van der Waals surface area contributed by atoms with Crippen LogP contribution in [-0.4, -0.2) is 0 Å². The molecule has 0 saturated heterocycles. The Kier molecular flexibility index (Phi) is 16.1. The van der Waals surface area contributed by atoms with E-state index in [1.165, 1.54) is 207 Å². The second-order valence-electron chi connectivity index (χ2n) is 29.6. The van der Waals surface area contributed by atoms with E-state index >= 15 is 0 Å². The van der Waals surface area contributed by atoms with Gasteiger partial charge in [0.2, 0.25) is 0 Å². The molecule has 2 heteroatoms. The predicted octanol–water partition coefficient (Wildman–Crippen LogP) is 27.7. The van der Waals surface area contributed by atoms with Crippen molar-refractivity contribution in [1.29, 1.82) is 0 Å². The number of hydrogen-bond acceptors (Lipinski definition) is 2. The molecular weight excluding hydrogens is 1210 g/mol. The van der Waals surface area contributed by atoms with E-state index in [1.807, 2.05) is 0 Å². The highest BCUT2D eigenvalue weighted by molar-refractivity contribution is 5.98. The summed E-state index contributed by atoms with van der Waals surface area (Å²) < 4.78 is 0. The van der Waals surface area contributed by atoms with Crippen LogP contribution < -0.4 is 9.80 Å². The van der Waals surface area contributed by atoms with Crippen LogP contribution >= 0.6 is 0 Å². The number of rotatable bonds is 20. The molecule has 492 valence electrons. The molecular formula is C98H90N2. The second kappa shape index (κ2) is 25.5. The van der Waals surface area contributed by atoms with Gasteiger partial charge in [0.25, 0.3) is 0 Å². The first-order valence-corrected chi connectivity index (χ1v) is 37.5. The molecule has 4 aliphatic carbocycles. The number of benzene rings is 13. The van der Waals surface area contributed by atoms with Crippen molar-refractivity contribution >= 4 is 44.9 Å². The zero-order valence-electron chi connectivity index (χ0n) is 59.4. The van der Waals surface area contributed by atoms with Gasteiger partial charge in [0.1, 0.15) is 0 Å². The highest BCUT2D eigenvalue weighted by atomic mass is 15.1. The van der Waals surface area contributed by atoms with Crippen molar-refractivity contribution in [2.24, 2.45) is 0 Å². The Bertz CT molecular complexity index is 5130. The quantitative estimate of drug-likeness (QED) is 0.0750. The van der Waals surface area contributed by atoms with E-state index in [0.29, 0.717) is 0 Å². The molecule has 13 aromatic carbocycles. The molecule has 0 radical (unpaired) electrons. The maximum Gasteiger partial charge on any atom is 0.0725 e. The summed E-state index contributed by atoms with van der Waals surface area (Å²) in [6.07, 6.45) is 14.1. The smallest absolute Gasteiger partial charge is 0.0725 e. The van der Waals surface area contributed by atoms with Crippen LogP contribution in [0.25, 0.3) is 77.5 Å². The SMILES string of the molecule is CCCCC1(CCCC)c2cc(C)ccc2-c2ccc(N(c3ccc(-c4ccc(N(c5ccc(-c6ccc7ccccc7c6)cc5)c5ccc6c(c5)-c5ccccc5C65c6ccccc6-c6ccccc65)cc4)c(C)c3)c3ccc4c(c3)C(CCCC)(CCCC)c3cc(C)ccc3-4)cc21. The third-order valence-electron chi connectivity index (χ3n) is 23.7. The van der Waals surface area contributed by atoms with Gasteiger partial charge in [-0.15, -0.1) is 0 Å². The summed E-state index contributed by atoms with van der Waals surface area (Å²) in [5, 5.41) is 2.50. The summed E-state index contributed by atoms with van der Waals surface area (Å²) in [6, 6.07) is 106. The molecule has 1 spiro atoms. The number of nitrogens with zero attached hydrogens (tertiary/aromatic N) is 2. The molecule has 0 unspecified atom stereocenters. The van der Waals surface area contributed by atoms with Gasteiger partial charge in [0.05, 0.1) is 5.41 Å². The van der Waals surface area contributed by atoms with Crippen LogP contribution in [0.2, 0.25) is 0 Å². The van der Waals surface area contributed by atoms with Gasteiger partial charge >= 0.3 is 0 Å². The largest absolute Gasteiger partial charge is 0.310 e. The fourth-order valence-corrected chi connectivity index (χ4v) is 18.9. The Hall–Kier alpha value is -10.3. The van der Waals surface area contributed by atoms with Gasteiger partial charge in [-0.25, -0.2) is 0 Å². The predicted molar refractivity (Wildman–Crippen MR) is 425 cm³/mol. The third-order valence-corrected chi connectivity index (χ3v) is 23.7. The van der Waals surface area contributed by atoms with Crippen molar-refractivity contribution in [3.05, 3.63) is 334 Å². The summed E-state index contributed by atoms with van der Waals surface area (Å²) in [6.45, 7) is 16.4. The Morgan fingerprint density at radius 3 is 1.08 bits per heavy atom. The molecule has 0 bridgehead atoms. The molecule has 0 atom stereocenters. The zero-order chi connectivity index (χ0) is 67.9. The number of aryl methyl sites for hydroxylation is 3. The molecule has 0 saturated carbocycles. The van der Waals surface area contributed by atoms with Gasteiger partial charge < -0.3 is 9.80 Å². The lowest BCUT2D eigenvalue weighted by molar-refractivity contribution is 0.414. The van der Waals surface area contributed by atoms with Crippen molar-refractivity contribution in [2.45, 2.75) is 142 Å². The molecule has 0 fully saturated rings. The fourth-order valence-electron chi connectivity index (χ4n) is 18.9. The molecule has 0 heterocycles. The first kappa shape index (κ1) is 63.2. The van der Waals surface area contributed by atoms with E-state index in [2.05, 4.69) is 331 Å². The van der Waals surface area contributed by atoms with Crippen LogP contribution in [0, 0.1) is 20.8 Å². The van der Waals surface area contributed by atoms with E-state index in [1.54, 1.807) is 0 Å². The van der Waals surface area contributed by atoms with Gasteiger partial charge in [0.15, 0.2) is 0 Å². The van der Waals surface area contributed by atoms with Gasteiger partial charge in [-0.1, -0.05) is 284 Å². The monoisotopic (exact) mass is 1290 g/mol. The Labute approximate surface area is 593 Å². The lowest BCUT2D eigenvalue weighted by atomic mass is 9.70. The van der Waals surface area contributed by atoms with Crippen LogP contribution in [0.5, 0.6) is 0 Å². The second-order valence-corrected chi connectivity index (χ2v) is 29.6. The lowest BCUT2D eigenvalue weighted by Crippen LogP contribution is -2.26. The fraction of sp³-hybridized carbons (Fsp3) is 0.224. The summed E-state index contributed by atoms with van der Waals surface area (Å²) >= 11 is 0. The van der Waals surface area contributed by atoms with E-state index < -0.39 is 5.41 Å². The van der Waals surface area contributed by atoms with Crippen LogP contribution in [0.3, 0.4) is 0 Å². The third kappa shape index (κ3) is 10.0. The number of hydrogen-bond donors (Lipinski definition) is 0. The topological polar surface area (TPSA) is 6.48 Å². The molecule has 2 nitrogen and oxygen atoms in total. The molecule has 13 aromatic rings. The molecule has 17 rings (SSSR count). The molecule has 0 amide bonds. The highest BCUT2D eigenvalue weighted by Crippen LogP contribution is 2.64. The van der Waals surface area contributed by atoms with Gasteiger partial charge in [-0.3, -0.25) is 0 Å². The summed E-state index contributed by atoms with van der Waals surface area (Å²) in [7, 11) is 0. The van der Waals surface area contributed by atoms with Crippen molar-refractivity contribution in [3.63, 3.8) is 0 Å². The van der Waals surface area contributed by atoms with Crippen molar-refractivity contribution in [1.82, 2.24) is 0 Å². The highest BCUT2D eigenvalue weighted by Gasteiger charge is 2.52. The van der Waals surface area contributed by atoms with Crippen molar-refractivity contribution in [3.8, 4) is 66.8 Å². The molecule has 100 heavy (non-hydrogen) atoms. The van der Waals surface area contributed by atoms with Gasteiger partial charge in [-0.2, -0.15) is 0 Å². The van der Waals surface area contributed by atoms with Crippen LogP contribution in [-0.2, 0) is 16.2 Å². The van der Waals surface area contributed by atoms with Crippen molar-refractivity contribution in [2.75, 3.05) is 9.80 Å². The normalized spacial score (nSPS) is 14.1. The van der Waals surface area contributed by atoms with Crippen LogP contribution in [0.4, 0.5) is 34.1 Å². The Morgan fingerprint density at radius 1 is 0.240 bits per heavy atom. The first-order chi connectivity index (χ1) is 49.1. The molecule has 0 N–H and O–H groups in total. The summed E-state index contributed by atoms with van der Waals surface area (Å²) in [5.41, 5.74) is 37.5. The van der Waals surface area contributed by atoms with Crippen LogP contribution in [0.1, 0.15) is 166 Å². The Balaban J connectivity index is 0.790. The minimum Gasteiger partial charge on any atom is -0.310 e. The van der Waals surface area contributed by atoms with E-state index in [0.717, 1.165) is 42.7 Å². The van der Waals surface area contributed by atoms with E-state index in [-0.39, 0.29) is 10.8 Å². The van der Waals surface area contributed by atoms with Crippen molar-refractivity contribution < 1.29 is 0 Å². The minimum absolute atomic E-state index is 0.0513. The van der Waals surface area contributed by atoms with Crippen LogP contribution in [0.15, 0.2) is 273 Å². The van der Waals surface area contributed by atoms with E-state index in [9.17, 15) is 0 Å².